The van der Waals surface area contributed by atoms with Gasteiger partial charge in [0.15, 0.2) is 0 Å². The quantitative estimate of drug-likeness (QED) is 0.824. The van der Waals surface area contributed by atoms with Crippen molar-refractivity contribution in [2.45, 2.75) is 47.0 Å². The van der Waals surface area contributed by atoms with Gasteiger partial charge in [-0.2, -0.15) is 0 Å². The Morgan fingerprint density at radius 3 is 2.60 bits per heavy atom. The number of aromatic nitrogens is 2. The molecule has 1 rings (SSSR count). The minimum absolute atomic E-state index is 0.0145. The van der Waals surface area contributed by atoms with E-state index in [0.717, 1.165) is 36.3 Å². The monoisotopic (exact) mass is 208 g/mol. The van der Waals surface area contributed by atoms with E-state index in [9.17, 15) is 4.79 Å². The van der Waals surface area contributed by atoms with Gasteiger partial charge in [-0.25, -0.2) is 4.98 Å². The van der Waals surface area contributed by atoms with Crippen LogP contribution >= 0.6 is 0 Å². The van der Waals surface area contributed by atoms with Crippen LogP contribution in [0.2, 0.25) is 0 Å². The second-order valence-corrected chi connectivity index (χ2v) is 4.37. The molecule has 15 heavy (non-hydrogen) atoms. The van der Waals surface area contributed by atoms with Crippen LogP contribution in [0.25, 0.3) is 0 Å². The number of aryl methyl sites for hydroxylation is 2. The van der Waals surface area contributed by atoms with E-state index in [1.807, 2.05) is 13.8 Å². The lowest BCUT2D eigenvalue weighted by Crippen LogP contribution is -2.17. The van der Waals surface area contributed by atoms with Crippen molar-refractivity contribution in [2.75, 3.05) is 0 Å². The first-order valence-corrected chi connectivity index (χ1v) is 5.63. The molecule has 0 spiro atoms. The largest absolute Gasteiger partial charge is 0.310 e. The molecule has 0 saturated carbocycles. The fraction of sp³-hybridized carbons (Fsp3) is 0.667. The highest BCUT2D eigenvalue weighted by atomic mass is 16.1. The van der Waals surface area contributed by atoms with Crippen molar-refractivity contribution in [3.05, 3.63) is 27.4 Å². The first-order chi connectivity index (χ1) is 7.04. The van der Waals surface area contributed by atoms with E-state index in [-0.39, 0.29) is 5.56 Å². The fourth-order valence-electron chi connectivity index (χ4n) is 1.52. The van der Waals surface area contributed by atoms with Crippen molar-refractivity contribution in [3.63, 3.8) is 0 Å². The van der Waals surface area contributed by atoms with Crippen LogP contribution in [0.15, 0.2) is 4.79 Å². The summed E-state index contributed by atoms with van der Waals surface area (Å²) in [6.07, 6.45) is 2.75. The smallest absolute Gasteiger partial charge is 0.254 e. The van der Waals surface area contributed by atoms with Crippen LogP contribution in [0.4, 0.5) is 0 Å². The molecule has 0 fully saturated rings. The molecule has 0 atom stereocenters. The molecule has 3 heteroatoms. The summed E-state index contributed by atoms with van der Waals surface area (Å²) in [5.74, 6) is 1.47. The molecule has 3 nitrogen and oxygen atoms in total. The molecule has 0 aromatic carbocycles. The Morgan fingerprint density at radius 2 is 2.07 bits per heavy atom. The van der Waals surface area contributed by atoms with Gasteiger partial charge in [0.05, 0.1) is 5.69 Å². The summed E-state index contributed by atoms with van der Waals surface area (Å²) in [7, 11) is 0. The summed E-state index contributed by atoms with van der Waals surface area (Å²) in [4.78, 5) is 18.9. The summed E-state index contributed by atoms with van der Waals surface area (Å²) in [6.45, 7) is 8.21. The van der Waals surface area contributed by atoms with Crippen molar-refractivity contribution in [3.8, 4) is 0 Å². The first-order valence-electron chi connectivity index (χ1n) is 5.63. The number of hydrogen-bond acceptors (Lipinski definition) is 2. The Labute approximate surface area is 91.0 Å². The number of nitrogens with zero attached hydrogens (tertiary/aromatic N) is 1. The second kappa shape index (κ2) is 5.10. The van der Waals surface area contributed by atoms with E-state index < -0.39 is 0 Å². The lowest BCUT2D eigenvalue weighted by Gasteiger charge is -2.07. The van der Waals surface area contributed by atoms with Gasteiger partial charge in [0, 0.05) is 12.0 Å². The van der Waals surface area contributed by atoms with Gasteiger partial charge in [-0.3, -0.25) is 4.79 Å². The molecule has 1 aromatic rings. The lowest BCUT2D eigenvalue weighted by atomic mass is 10.1. The molecule has 0 aliphatic rings. The molecule has 1 heterocycles. The van der Waals surface area contributed by atoms with Crippen molar-refractivity contribution in [1.82, 2.24) is 9.97 Å². The van der Waals surface area contributed by atoms with E-state index in [1.54, 1.807) is 0 Å². The van der Waals surface area contributed by atoms with Gasteiger partial charge >= 0.3 is 0 Å². The normalized spacial score (nSPS) is 11.0. The maximum absolute atomic E-state index is 11.6. The SMILES string of the molecule is CCc1nc(CCC(C)C)[nH]c(=O)c1C. The fourth-order valence-corrected chi connectivity index (χ4v) is 1.52. The molecule has 0 aliphatic heterocycles. The summed E-state index contributed by atoms with van der Waals surface area (Å²) in [5, 5.41) is 0. The van der Waals surface area contributed by atoms with Crippen molar-refractivity contribution < 1.29 is 0 Å². The Bertz CT molecular complexity index is 380. The third-order valence-corrected chi connectivity index (χ3v) is 2.59. The summed E-state index contributed by atoms with van der Waals surface area (Å²) >= 11 is 0. The van der Waals surface area contributed by atoms with E-state index in [4.69, 9.17) is 0 Å². The van der Waals surface area contributed by atoms with Gasteiger partial charge in [0.2, 0.25) is 0 Å². The maximum atomic E-state index is 11.6. The maximum Gasteiger partial charge on any atom is 0.254 e. The standard InChI is InChI=1S/C12H20N2O/c1-5-10-9(4)12(15)14-11(13-10)7-6-8(2)3/h8H,5-7H2,1-4H3,(H,13,14,15). The number of nitrogens with one attached hydrogen (secondary N) is 1. The average molecular weight is 208 g/mol. The second-order valence-electron chi connectivity index (χ2n) is 4.37. The molecule has 0 bridgehead atoms. The van der Waals surface area contributed by atoms with Gasteiger partial charge in [0.1, 0.15) is 5.82 Å². The molecular formula is C12H20N2O. The van der Waals surface area contributed by atoms with E-state index in [1.165, 1.54) is 0 Å². The van der Waals surface area contributed by atoms with Crippen LogP contribution in [-0.2, 0) is 12.8 Å². The molecule has 0 aliphatic carbocycles. The highest BCUT2D eigenvalue weighted by molar-refractivity contribution is 5.15. The first kappa shape index (κ1) is 12.0. The Morgan fingerprint density at radius 1 is 1.40 bits per heavy atom. The van der Waals surface area contributed by atoms with Crippen LogP contribution in [0.3, 0.4) is 0 Å². The van der Waals surface area contributed by atoms with E-state index >= 15 is 0 Å². The zero-order valence-electron chi connectivity index (χ0n) is 10.1. The summed E-state index contributed by atoms with van der Waals surface area (Å²) in [6, 6.07) is 0. The molecule has 84 valence electrons. The van der Waals surface area contributed by atoms with Crippen LogP contribution in [0, 0.1) is 12.8 Å². The number of hydrogen-bond donors (Lipinski definition) is 1. The Balaban J connectivity index is 2.91. The molecular weight excluding hydrogens is 188 g/mol. The molecule has 1 aromatic heterocycles. The van der Waals surface area contributed by atoms with Crippen LogP contribution in [0.5, 0.6) is 0 Å². The average Bonchev–Trinajstić information content (AvgIpc) is 2.19. The van der Waals surface area contributed by atoms with Crippen LogP contribution in [0.1, 0.15) is 44.3 Å². The van der Waals surface area contributed by atoms with Crippen molar-refractivity contribution >= 4 is 0 Å². The molecule has 0 saturated heterocycles. The summed E-state index contributed by atoms with van der Waals surface area (Å²) < 4.78 is 0. The van der Waals surface area contributed by atoms with Gasteiger partial charge in [-0.05, 0) is 25.7 Å². The Hall–Kier alpha value is -1.12. The number of H-pyrrole nitrogens is 1. The van der Waals surface area contributed by atoms with Gasteiger partial charge in [0.25, 0.3) is 5.56 Å². The van der Waals surface area contributed by atoms with Gasteiger partial charge < -0.3 is 4.98 Å². The minimum Gasteiger partial charge on any atom is -0.310 e. The molecule has 1 N–H and O–H groups in total. The van der Waals surface area contributed by atoms with Crippen molar-refractivity contribution in [2.24, 2.45) is 5.92 Å². The lowest BCUT2D eigenvalue weighted by molar-refractivity contribution is 0.572. The highest BCUT2D eigenvalue weighted by Crippen LogP contribution is 2.06. The Kier molecular flexibility index (Phi) is 4.06. The van der Waals surface area contributed by atoms with Crippen LogP contribution < -0.4 is 5.56 Å². The predicted octanol–water partition coefficient (Wildman–Crippen LogP) is 2.23. The van der Waals surface area contributed by atoms with E-state index in [2.05, 4.69) is 23.8 Å². The van der Waals surface area contributed by atoms with Crippen LogP contribution in [-0.4, -0.2) is 9.97 Å². The zero-order valence-corrected chi connectivity index (χ0v) is 10.1. The topological polar surface area (TPSA) is 45.8 Å². The van der Waals surface area contributed by atoms with Gasteiger partial charge in [-0.1, -0.05) is 20.8 Å². The summed E-state index contributed by atoms with van der Waals surface area (Å²) in [5.41, 5.74) is 1.70. The van der Waals surface area contributed by atoms with Crippen molar-refractivity contribution in [1.29, 1.82) is 0 Å². The third-order valence-electron chi connectivity index (χ3n) is 2.59. The third kappa shape index (κ3) is 3.18. The predicted molar refractivity (Wildman–Crippen MR) is 62.1 cm³/mol. The number of aromatic amines is 1. The van der Waals surface area contributed by atoms with Gasteiger partial charge in [-0.15, -0.1) is 0 Å². The number of rotatable bonds is 4. The van der Waals surface area contributed by atoms with E-state index in [0.29, 0.717) is 5.92 Å². The minimum atomic E-state index is 0.0145. The zero-order chi connectivity index (χ0) is 11.4. The molecule has 0 amide bonds. The highest BCUT2D eigenvalue weighted by Gasteiger charge is 2.06. The molecule has 0 unspecified atom stereocenters. The molecule has 0 radical (unpaired) electrons.